The smallest absolute Gasteiger partial charge is 0.145 e. The lowest BCUT2D eigenvalue weighted by atomic mass is 10.0. The van der Waals surface area contributed by atoms with Gasteiger partial charge in [0.25, 0.3) is 0 Å². The van der Waals surface area contributed by atoms with E-state index in [2.05, 4.69) is 10.2 Å². The number of nitrogens with two attached hydrogens (primary N) is 1. The molecule has 1 heterocycles. The summed E-state index contributed by atoms with van der Waals surface area (Å²) in [7, 11) is 3.27. The average Bonchev–Trinajstić information content (AvgIpc) is 2.75. The van der Waals surface area contributed by atoms with E-state index in [0.717, 1.165) is 28.3 Å². The highest BCUT2D eigenvalue weighted by atomic mass is 16.5. The van der Waals surface area contributed by atoms with E-state index in [1.165, 1.54) is 0 Å². The van der Waals surface area contributed by atoms with Crippen molar-refractivity contribution in [1.82, 2.24) is 10.2 Å². The van der Waals surface area contributed by atoms with Crippen LogP contribution in [0.4, 0.5) is 5.82 Å². The third kappa shape index (κ3) is 1.91. The van der Waals surface area contributed by atoms with Crippen LogP contribution in [0.3, 0.4) is 0 Å². The summed E-state index contributed by atoms with van der Waals surface area (Å²) in [6.07, 6.45) is 0. The summed E-state index contributed by atoms with van der Waals surface area (Å²) in [4.78, 5) is 0. The van der Waals surface area contributed by atoms with E-state index in [9.17, 15) is 0 Å². The first-order valence-corrected chi connectivity index (χ1v) is 5.20. The number of benzene rings is 1. The fourth-order valence-electron chi connectivity index (χ4n) is 1.86. The normalized spacial score (nSPS) is 10.3. The summed E-state index contributed by atoms with van der Waals surface area (Å²) >= 11 is 0. The number of H-pyrrole nitrogens is 1. The largest absolute Gasteiger partial charge is 0.496 e. The molecule has 0 fully saturated rings. The molecule has 1 aromatic carbocycles. The van der Waals surface area contributed by atoms with Crippen molar-refractivity contribution in [3.63, 3.8) is 0 Å². The molecule has 0 spiro atoms. The highest BCUT2D eigenvalue weighted by molar-refractivity contribution is 5.74. The van der Waals surface area contributed by atoms with Gasteiger partial charge in [-0.3, -0.25) is 5.10 Å². The number of anilines is 1. The fraction of sp³-hybridized carbons (Fsp3) is 0.250. The second-order valence-corrected chi connectivity index (χ2v) is 3.68. The topological polar surface area (TPSA) is 73.2 Å². The van der Waals surface area contributed by atoms with Gasteiger partial charge in [0.05, 0.1) is 19.9 Å². The molecular weight excluding hydrogens is 218 g/mol. The van der Waals surface area contributed by atoms with Gasteiger partial charge in [-0.2, -0.15) is 5.10 Å². The van der Waals surface area contributed by atoms with Crippen LogP contribution in [0.1, 0.15) is 5.56 Å². The van der Waals surface area contributed by atoms with Crippen molar-refractivity contribution in [2.45, 2.75) is 6.92 Å². The number of methoxy groups -OCH3 is 2. The fourth-order valence-corrected chi connectivity index (χ4v) is 1.86. The zero-order valence-corrected chi connectivity index (χ0v) is 10.1. The molecule has 0 bridgehead atoms. The molecule has 5 nitrogen and oxygen atoms in total. The van der Waals surface area contributed by atoms with E-state index >= 15 is 0 Å². The highest BCUT2D eigenvalue weighted by Crippen LogP contribution is 2.37. The number of hydrogen-bond acceptors (Lipinski definition) is 4. The van der Waals surface area contributed by atoms with Crippen LogP contribution in [0, 0.1) is 6.92 Å². The Morgan fingerprint density at radius 3 is 2.35 bits per heavy atom. The second-order valence-electron chi connectivity index (χ2n) is 3.68. The van der Waals surface area contributed by atoms with Crippen LogP contribution in [0.15, 0.2) is 18.2 Å². The van der Waals surface area contributed by atoms with E-state index in [-0.39, 0.29) is 0 Å². The molecular formula is C12H15N3O2. The van der Waals surface area contributed by atoms with Gasteiger partial charge in [-0.25, -0.2) is 0 Å². The minimum absolute atomic E-state index is 0.448. The van der Waals surface area contributed by atoms with E-state index < -0.39 is 0 Å². The standard InChI is InChI=1S/C12H15N3O2/c1-7-9(16-2)4-5-10(17-3)12(7)8-6-11(13)15-14-8/h4-6H,1-3H3,(H3,13,14,15). The van der Waals surface area contributed by atoms with Crippen LogP contribution < -0.4 is 15.2 Å². The van der Waals surface area contributed by atoms with Crippen molar-refractivity contribution in [1.29, 1.82) is 0 Å². The quantitative estimate of drug-likeness (QED) is 0.850. The third-order valence-electron chi connectivity index (χ3n) is 2.68. The van der Waals surface area contributed by atoms with E-state index in [1.807, 2.05) is 19.1 Å². The van der Waals surface area contributed by atoms with Crippen molar-refractivity contribution in [3.05, 3.63) is 23.8 Å². The van der Waals surface area contributed by atoms with Gasteiger partial charge in [-0.1, -0.05) is 0 Å². The number of nitrogens with one attached hydrogen (secondary N) is 1. The molecule has 1 aromatic heterocycles. The molecule has 5 heteroatoms. The van der Waals surface area contributed by atoms with E-state index in [1.54, 1.807) is 20.3 Å². The molecule has 0 aliphatic carbocycles. The van der Waals surface area contributed by atoms with E-state index in [4.69, 9.17) is 15.2 Å². The van der Waals surface area contributed by atoms with Gasteiger partial charge in [0.1, 0.15) is 17.3 Å². The molecule has 3 N–H and O–H groups in total. The predicted octanol–water partition coefficient (Wildman–Crippen LogP) is 1.98. The molecule has 17 heavy (non-hydrogen) atoms. The van der Waals surface area contributed by atoms with Crippen molar-refractivity contribution in [3.8, 4) is 22.8 Å². The Labute approximate surface area is 99.5 Å². The Kier molecular flexibility index (Phi) is 2.91. The lowest BCUT2D eigenvalue weighted by Crippen LogP contribution is -1.95. The molecule has 0 aliphatic rings. The number of ether oxygens (including phenoxy) is 2. The lowest BCUT2D eigenvalue weighted by molar-refractivity contribution is 0.402. The minimum Gasteiger partial charge on any atom is -0.496 e. The summed E-state index contributed by atoms with van der Waals surface area (Å²) in [5, 5.41) is 6.80. The Morgan fingerprint density at radius 1 is 1.18 bits per heavy atom. The Hall–Kier alpha value is -2.17. The number of aromatic nitrogens is 2. The van der Waals surface area contributed by atoms with Crippen molar-refractivity contribution < 1.29 is 9.47 Å². The predicted molar refractivity (Wildman–Crippen MR) is 66.3 cm³/mol. The first kappa shape index (κ1) is 11.3. The first-order valence-electron chi connectivity index (χ1n) is 5.20. The summed E-state index contributed by atoms with van der Waals surface area (Å²) in [6, 6.07) is 5.50. The molecule has 0 unspecified atom stereocenters. The zero-order valence-electron chi connectivity index (χ0n) is 10.1. The summed E-state index contributed by atoms with van der Waals surface area (Å²) in [6.45, 7) is 1.97. The van der Waals surface area contributed by atoms with Gasteiger partial charge in [0.2, 0.25) is 0 Å². The number of nitrogens with zero attached hydrogens (tertiary/aromatic N) is 1. The van der Waals surface area contributed by atoms with Crippen LogP contribution in [-0.4, -0.2) is 24.4 Å². The van der Waals surface area contributed by atoms with Crippen molar-refractivity contribution in [2.75, 3.05) is 20.0 Å². The summed E-state index contributed by atoms with van der Waals surface area (Å²) in [5.74, 6) is 2.00. The lowest BCUT2D eigenvalue weighted by Gasteiger charge is -2.13. The summed E-state index contributed by atoms with van der Waals surface area (Å²) < 4.78 is 10.6. The molecule has 2 rings (SSSR count). The first-order chi connectivity index (χ1) is 8.17. The van der Waals surface area contributed by atoms with Crippen LogP contribution in [0.25, 0.3) is 11.3 Å². The maximum Gasteiger partial charge on any atom is 0.145 e. The Morgan fingerprint density at radius 2 is 1.82 bits per heavy atom. The van der Waals surface area contributed by atoms with E-state index in [0.29, 0.717) is 5.82 Å². The molecule has 90 valence electrons. The maximum atomic E-state index is 5.61. The number of rotatable bonds is 3. The molecule has 2 aromatic rings. The SMILES string of the molecule is COc1ccc(OC)c(-c2cc(N)n[nH]2)c1C. The van der Waals surface area contributed by atoms with Crippen molar-refractivity contribution in [2.24, 2.45) is 0 Å². The van der Waals surface area contributed by atoms with Crippen molar-refractivity contribution >= 4 is 5.82 Å². The molecule has 0 amide bonds. The molecule has 0 saturated heterocycles. The maximum absolute atomic E-state index is 5.61. The molecule has 0 saturated carbocycles. The molecule has 0 aliphatic heterocycles. The number of aromatic amines is 1. The Balaban J connectivity index is 2.64. The van der Waals surface area contributed by atoms with Gasteiger partial charge in [0.15, 0.2) is 0 Å². The number of nitrogen functional groups attached to an aromatic ring is 1. The molecule has 0 radical (unpaired) electrons. The minimum atomic E-state index is 0.448. The monoisotopic (exact) mass is 233 g/mol. The van der Waals surface area contributed by atoms with Crippen LogP contribution in [0.2, 0.25) is 0 Å². The highest BCUT2D eigenvalue weighted by Gasteiger charge is 2.14. The Bertz CT molecular complexity index is 535. The molecule has 0 atom stereocenters. The second kappa shape index (κ2) is 4.37. The average molecular weight is 233 g/mol. The van der Waals surface area contributed by atoms with Gasteiger partial charge in [-0.15, -0.1) is 0 Å². The van der Waals surface area contributed by atoms with Gasteiger partial charge < -0.3 is 15.2 Å². The van der Waals surface area contributed by atoms with Crippen LogP contribution >= 0.6 is 0 Å². The number of hydrogen-bond donors (Lipinski definition) is 2. The van der Waals surface area contributed by atoms with Gasteiger partial charge in [0, 0.05) is 17.2 Å². The van der Waals surface area contributed by atoms with Crippen LogP contribution in [-0.2, 0) is 0 Å². The zero-order chi connectivity index (χ0) is 12.4. The van der Waals surface area contributed by atoms with Crippen LogP contribution in [0.5, 0.6) is 11.5 Å². The summed E-state index contributed by atoms with van der Waals surface area (Å²) in [5.41, 5.74) is 8.32. The third-order valence-corrected chi connectivity index (χ3v) is 2.68. The van der Waals surface area contributed by atoms with Gasteiger partial charge in [-0.05, 0) is 19.1 Å². The van der Waals surface area contributed by atoms with Gasteiger partial charge >= 0.3 is 0 Å².